The van der Waals surface area contributed by atoms with Crippen LogP contribution in [0.4, 0.5) is 13.2 Å². The number of hydrogen-bond donors (Lipinski definition) is 0. The monoisotopic (exact) mass is 286 g/mol. The molecule has 0 aliphatic carbocycles. The lowest BCUT2D eigenvalue weighted by Crippen LogP contribution is -2.44. The second-order valence-electron chi connectivity index (χ2n) is 5.17. The highest BCUT2D eigenvalue weighted by Crippen LogP contribution is 2.20. The van der Waals surface area contributed by atoms with Crippen LogP contribution in [0.25, 0.3) is 0 Å². The predicted octanol–water partition coefficient (Wildman–Crippen LogP) is 2.27. The largest absolute Gasteiger partial charge is 0.339 e. The van der Waals surface area contributed by atoms with Crippen molar-refractivity contribution in [2.24, 2.45) is 0 Å². The van der Waals surface area contributed by atoms with Gasteiger partial charge in [0.2, 0.25) is 0 Å². The fourth-order valence-corrected chi connectivity index (χ4v) is 2.43. The number of rotatable bonds is 2. The van der Waals surface area contributed by atoms with E-state index >= 15 is 0 Å². The topological polar surface area (TPSA) is 23.6 Å². The summed E-state index contributed by atoms with van der Waals surface area (Å²) >= 11 is 0. The van der Waals surface area contributed by atoms with Crippen molar-refractivity contribution in [2.75, 3.05) is 27.2 Å². The molecule has 0 radical (unpaired) electrons. The van der Waals surface area contributed by atoms with Crippen molar-refractivity contribution in [1.29, 1.82) is 0 Å². The summed E-state index contributed by atoms with van der Waals surface area (Å²) in [5.74, 6) is -4.93. The summed E-state index contributed by atoms with van der Waals surface area (Å²) in [6.07, 6.45) is 1.56. The van der Waals surface area contributed by atoms with Crippen molar-refractivity contribution in [3.8, 4) is 0 Å². The molecule has 0 spiro atoms. The minimum absolute atomic E-state index is 0.00813. The summed E-state index contributed by atoms with van der Waals surface area (Å²) in [7, 11) is 3.56. The van der Waals surface area contributed by atoms with Crippen molar-refractivity contribution in [3.05, 3.63) is 35.1 Å². The first-order valence-electron chi connectivity index (χ1n) is 6.51. The summed E-state index contributed by atoms with van der Waals surface area (Å²) in [4.78, 5) is 15.8. The highest BCUT2D eigenvalue weighted by Gasteiger charge is 2.27. The first-order chi connectivity index (χ1) is 9.41. The third kappa shape index (κ3) is 2.80. The van der Waals surface area contributed by atoms with E-state index in [1.54, 1.807) is 7.05 Å². The first-order valence-corrected chi connectivity index (χ1v) is 6.51. The van der Waals surface area contributed by atoms with E-state index in [4.69, 9.17) is 0 Å². The van der Waals surface area contributed by atoms with Gasteiger partial charge in [0.1, 0.15) is 0 Å². The van der Waals surface area contributed by atoms with E-state index in [0.29, 0.717) is 0 Å². The Hall–Kier alpha value is -1.56. The molecule has 0 aromatic heterocycles. The number of carbonyl (C=O) groups excluding carboxylic acids is 1. The van der Waals surface area contributed by atoms with Crippen LogP contribution in [0, 0.1) is 17.5 Å². The Morgan fingerprint density at radius 3 is 2.40 bits per heavy atom. The molecule has 0 saturated carbocycles. The molecule has 6 heteroatoms. The second kappa shape index (κ2) is 5.83. The average molecular weight is 286 g/mol. The van der Waals surface area contributed by atoms with Crippen molar-refractivity contribution in [3.63, 3.8) is 0 Å². The molecule has 1 fully saturated rings. The smallest absolute Gasteiger partial charge is 0.256 e. The molecule has 20 heavy (non-hydrogen) atoms. The molecule has 1 saturated heterocycles. The lowest BCUT2D eigenvalue weighted by molar-refractivity contribution is 0.0653. The molecule has 3 nitrogen and oxygen atoms in total. The third-order valence-corrected chi connectivity index (χ3v) is 3.82. The zero-order valence-corrected chi connectivity index (χ0v) is 11.5. The Labute approximate surface area is 116 Å². The molecule has 0 atom stereocenters. The van der Waals surface area contributed by atoms with Gasteiger partial charge in [-0.05, 0) is 45.1 Å². The Bertz CT molecular complexity index is 513. The quantitative estimate of drug-likeness (QED) is 0.779. The van der Waals surface area contributed by atoms with E-state index in [0.717, 1.165) is 38.1 Å². The Morgan fingerprint density at radius 1 is 1.20 bits per heavy atom. The number of carbonyl (C=O) groups is 1. The van der Waals surface area contributed by atoms with Crippen molar-refractivity contribution in [1.82, 2.24) is 9.80 Å². The van der Waals surface area contributed by atoms with Crippen molar-refractivity contribution >= 4 is 5.91 Å². The molecule has 0 unspecified atom stereocenters. The fraction of sp³-hybridized carbons (Fsp3) is 0.500. The van der Waals surface area contributed by atoms with Crippen LogP contribution in [0.2, 0.25) is 0 Å². The normalized spacial score (nSPS) is 17.2. The molecule has 1 aromatic carbocycles. The molecule has 110 valence electrons. The van der Waals surface area contributed by atoms with Gasteiger partial charge in [-0.2, -0.15) is 0 Å². The standard InChI is InChI=1S/C14H17F3N2O/c1-18-7-5-9(6-8-18)19(2)14(20)10-3-4-11(15)13(17)12(10)16/h3-4,9H,5-8H2,1-2H3. The second-order valence-corrected chi connectivity index (χ2v) is 5.17. The maximum atomic E-state index is 13.6. The molecule has 1 heterocycles. The summed E-state index contributed by atoms with van der Waals surface area (Å²) in [6, 6.07) is 1.75. The lowest BCUT2D eigenvalue weighted by Gasteiger charge is -2.35. The molecule has 2 rings (SSSR count). The van der Waals surface area contributed by atoms with Crippen LogP contribution in [-0.2, 0) is 0 Å². The van der Waals surface area contributed by atoms with Crippen molar-refractivity contribution in [2.45, 2.75) is 18.9 Å². The van der Waals surface area contributed by atoms with E-state index < -0.39 is 28.9 Å². The molecular formula is C14H17F3N2O. The number of likely N-dealkylation sites (tertiary alicyclic amines) is 1. The summed E-state index contributed by atoms with van der Waals surface area (Å²) in [6.45, 7) is 1.70. The number of halogens is 3. The van der Waals surface area contributed by atoms with E-state index in [9.17, 15) is 18.0 Å². The Balaban J connectivity index is 2.17. The van der Waals surface area contributed by atoms with Crippen LogP contribution < -0.4 is 0 Å². The van der Waals surface area contributed by atoms with Gasteiger partial charge in [-0.25, -0.2) is 13.2 Å². The predicted molar refractivity (Wildman–Crippen MR) is 68.9 cm³/mol. The van der Waals surface area contributed by atoms with Gasteiger partial charge in [0, 0.05) is 13.1 Å². The Morgan fingerprint density at radius 2 is 1.80 bits per heavy atom. The number of hydrogen-bond acceptors (Lipinski definition) is 2. The van der Waals surface area contributed by atoms with Crippen LogP contribution in [0.3, 0.4) is 0 Å². The number of benzene rings is 1. The van der Waals surface area contributed by atoms with Crippen LogP contribution in [-0.4, -0.2) is 48.9 Å². The lowest BCUT2D eigenvalue weighted by atomic mass is 10.0. The van der Waals surface area contributed by atoms with Gasteiger partial charge in [0.25, 0.3) is 5.91 Å². The number of nitrogens with zero attached hydrogens (tertiary/aromatic N) is 2. The minimum Gasteiger partial charge on any atom is -0.339 e. The van der Waals surface area contributed by atoms with Gasteiger partial charge < -0.3 is 9.80 Å². The van der Waals surface area contributed by atoms with Crippen molar-refractivity contribution < 1.29 is 18.0 Å². The fourth-order valence-electron chi connectivity index (χ4n) is 2.43. The third-order valence-electron chi connectivity index (χ3n) is 3.82. The molecule has 1 aliphatic rings. The first kappa shape index (κ1) is 14.8. The molecule has 1 amide bonds. The summed E-state index contributed by atoms with van der Waals surface area (Å²) in [5.41, 5.74) is -0.426. The van der Waals surface area contributed by atoms with Crippen LogP contribution in [0.5, 0.6) is 0 Å². The highest BCUT2D eigenvalue weighted by atomic mass is 19.2. The van der Waals surface area contributed by atoms with E-state index in [-0.39, 0.29) is 6.04 Å². The van der Waals surface area contributed by atoms with E-state index in [1.165, 1.54) is 4.90 Å². The summed E-state index contributed by atoms with van der Waals surface area (Å²) in [5, 5.41) is 0. The van der Waals surface area contributed by atoms with Gasteiger partial charge in [0.15, 0.2) is 17.5 Å². The molecule has 1 aromatic rings. The maximum absolute atomic E-state index is 13.6. The Kier molecular flexibility index (Phi) is 4.32. The molecule has 0 bridgehead atoms. The van der Waals surface area contributed by atoms with E-state index in [1.807, 2.05) is 7.05 Å². The van der Waals surface area contributed by atoms with E-state index in [2.05, 4.69) is 4.90 Å². The highest BCUT2D eigenvalue weighted by molar-refractivity contribution is 5.94. The van der Waals surface area contributed by atoms with Gasteiger partial charge >= 0.3 is 0 Å². The zero-order chi connectivity index (χ0) is 14.9. The number of piperidine rings is 1. The maximum Gasteiger partial charge on any atom is 0.256 e. The number of amides is 1. The van der Waals surface area contributed by atoms with Crippen LogP contribution >= 0.6 is 0 Å². The van der Waals surface area contributed by atoms with Gasteiger partial charge in [-0.3, -0.25) is 4.79 Å². The zero-order valence-electron chi connectivity index (χ0n) is 11.5. The SMILES string of the molecule is CN1CCC(N(C)C(=O)c2ccc(F)c(F)c2F)CC1. The van der Waals surface area contributed by atoms with Gasteiger partial charge in [-0.15, -0.1) is 0 Å². The molecule has 0 N–H and O–H groups in total. The molecule has 1 aliphatic heterocycles. The van der Waals surface area contributed by atoms with Gasteiger partial charge in [-0.1, -0.05) is 0 Å². The van der Waals surface area contributed by atoms with Crippen LogP contribution in [0.15, 0.2) is 12.1 Å². The van der Waals surface area contributed by atoms with Gasteiger partial charge in [0.05, 0.1) is 5.56 Å². The average Bonchev–Trinajstić information content (AvgIpc) is 2.44. The minimum atomic E-state index is -1.60. The molecular weight excluding hydrogens is 269 g/mol. The van der Waals surface area contributed by atoms with Crippen LogP contribution in [0.1, 0.15) is 23.2 Å². The summed E-state index contributed by atoms with van der Waals surface area (Å²) < 4.78 is 39.7.